The molecule has 1 saturated heterocycles. The Balaban J connectivity index is 2.39. The van der Waals surface area contributed by atoms with Crippen LogP contribution in [0.5, 0.6) is 0 Å². The predicted octanol–water partition coefficient (Wildman–Crippen LogP) is 1.89. The quantitative estimate of drug-likeness (QED) is 0.844. The highest BCUT2D eigenvalue weighted by molar-refractivity contribution is 6.34. The molecule has 0 aliphatic carbocycles. The van der Waals surface area contributed by atoms with Gasteiger partial charge in [-0.15, -0.1) is 0 Å². The Morgan fingerprint density at radius 2 is 2.11 bits per heavy atom. The van der Waals surface area contributed by atoms with Gasteiger partial charge in [-0.25, -0.2) is 0 Å². The summed E-state index contributed by atoms with van der Waals surface area (Å²) in [7, 11) is 0. The predicted molar refractivity (Wildman–Crippen MR) is 70.8 cm³/mol. The van der Waals surface area contributed by atoms with Gasteiger partial charge in [0.05, 0.1) is 10.7 Å². The third-order valence-corrected chi connectivity index (χ3v) is 3.53. The van der Waals surface area contributed by atoms with Crippen LogP contribution in [0.2, 0.25) is 5.02 Å². The number of amides is 2. The SMILES string of the molecule is Cc1cccc(N2CCC(=O)NC(C)C2=O)c1Cl. The summed E-state index contributed by atoms with van der Waals surface area (Å²) < 4.78 is 0. The van der Waals surface area contributed by atoms with Crippen molar-refractivity contribution in [1.82, 2.24) is 5.32 Å². The number of halogens is 1. The Morgan fingerprint density at radius 1 is 1.39 bits per heavy atom. The van der Waals surface area contributed by atoms with E-state index in [1.165, 1.54) is 0 Å². The molecule has 2 rings (SSSR count). The number of carbonyl (C=O) groups excluding carboxylic acids is 2. The molecule has 96 valence electrons. The summed E-state index contributed by atoms with van der Waals surface area (Å²) in [5.74, 6) is -0.240. The fourth-order valence-corrected chi connectivity index (χ4v) is 2.24. The van der Waals surface area contributed by atoms with Crippen LogP contribution in [0.15, 0.2) is 18.2 Å². The molecule has 0 radical (unpaired) electrons. The first kappa shape index (κ1) is 12.9. The van der Waals surface area contributed by atoms with Crippen LogP contribution in [0.1, 0.15) is 18.9 Å². The van der Waals surface area contributed by atoms with Gasteiger partial charge in [0.1, 0.15) is 6.04 Å². The van der Waals surface area contributed by atoms with Crippen molar-refractivity contribution in [3.63, 3.8) is 0 Å². The van der Waals surface area contributed by atoms with E-state index in [1.807, 2.05) is 19.1 Å². The van der Waals surface area contributed by atoms with E-state index in [0.717, 1.165) is 5.56 Å². The molecule has 1 aromatic rings. The average Bonchev–Trinajstić information content (AvgIpc) is 2.44. The third kappa shape index (κ3) is 2.34. The second kappa shape index (κ2) is 4.98. The number of aryl methyl sites for hydroxylation is 1. The minimum absolute atomic E-state index is 0.109. The summed E-state index contributed by atoms with van der Waals surface area (Å²) in [4.78, 5) is 25.2. The molecule has 0 saturated carbocycles. The van der Waals surface area contributed by atoms with Gasteiger partial charge in [-0.1, -0.05) is 23.7 Å². The lowest BCUT2D eigenvalue weighted by Crippen LogP contribution is -2.42. The maximum Gasteiger partial charge on any atom is 0.249 e. The standard InChI is InChI=1S/C13H15ClN2O2/c1-8-4-3-5-10(12(8)14)16-7-6-11(17)15-9(2)13(16)18/h3-5,9H,6-7H2,1-2H3,(H,15,17). The van der Waals surface area contributed by atoms with Crippen LogP contribution in [-0.4, -0.2) is 24.4 Å². The van der Waals surface area contributed by atoms with Crippen molar-refractivity contribution < 1.29 is 9.59 Å². The van der Waals surface area contributed by atoms with Crippen molar-refractivity contribution in [2.75, 3.05) is 11.4 Å². The zero-order valence-electron chi connectivity index (χ0n) is 10.4. The lowest BCUT2D eigenvalue weighted by atomic mass is 10.2. The molecule has 2 amide bonds. The monoisotopic (exact) mass is 266 g/mol. The molecular weight excluding hydrogens is 252 g/mol. The number of benzene rings is 1. The summed E-state index contributed by atoms with van der Waals surface area (Å²) in [6, 6.07) is 5.03. The van der Waals surface area contributed by atoms with Crippen LogP contribution in [0, 0.1) is 6.92 Å². The molecule has 0 aromatic heterocycles. The van der Waals surface area contributed by atoms with Crippen molar-refractivity contribution in [1.29, 1.82) is 0 Å². The maximum absolute atomic E-state index is 12.2. The highest BCUT2D eigenvalue weighted by Crippen LogP contribution is 2.29. The normalized spacial score (nSPS) is 20.6. The van der Waals surface area contributed by atoms with Crippen LogP contribution in [0.4, 0.5) is 5.69 Å². The van der Waals surface area contributed by atoms with E-state index in [9.17, 15) is 9.59 Å². The van der Waals surface area contributed by atoms with E-state index in [-0.39, 0.29) is 11.8 Å². The topological polar surface area (TPSA) is 49.4 Å². The molecule has 5 heteroatoms. The van der Waals surface area contributed by atoms with E-state index in [0.29, 0.717) is 23.7 Å². The Bertz CT molecular complexity index is 502. The van der Waals surface area contributed by atoms with Crippen LogP contribution in [-0.2, 0) is 9.59 Å². The van der Waals surface area contributed by atoms with Crippen molar-refractivity contribution in [2.24, 2.45) is 0 Å². The van der Waals surface area contributed by atoms with Gasteiger partial charge in [-0.2, -0.15) is 0 Å². The van der Waals surface area contributed by atoms with Crippen LogP contribution in [0.25, 0.3) is 0 Å². The first-order valence-corrected chi connectivity index (χ1v) is 6.24. The van der Waals surface area contributed by atoms with Gasteiger partial charge in [0.2, 0.25) is 11.8 Å². The molecule has 1 aliphatic heterocycles. The average molecular weight is 267 g/mol. The van der Waals surface area contributed by atoms with Gasteiger partial charge in [-0.3, -0.25) is 9.59 Å². The van der Waals surface area contributed by atoms with Crippen molar-refractivity contribution in [3.8, 4) is 0 Å². The number of nitrogens with zero attached hydrogens (tertiary/aromatic N) is 1. The fraction of sp³-hybridized carbons (Fsp3) is 0.385. The first-order valence-electron chi connectivity index (χ1n) is 5.86. The number of hydrogen-bond donors (Lipinski definition) is 1. The van der Waals surface area contributed by atoms with E-state index in [1.54, 1.807) is 17.9 Å². The number of rotatable bonds is 1. The Labute approximate surface area is 111 Å². The number of nitrogens with one attached hydrogen (secondary N) is 1. The molecule has 1 atom stereocenters. The van der Waals surface area contributed by atoms with Crippen molar-refractivity contribution in [3.05, 3.63) is 28.8 Å². The van der Waals surface area contributed by atoms with E-state index < -0.39 is 6.04 Å². The molecular formula is C13H15ClN2O2. The molecule has 1 aromatic carbocycles. The van der Waals surface area contributed by atoms with Gasteiger partial charge in [0.25, 0.3) is 0 Å². The minimum atomic E-state index is -0.517. The molecule has 1 fully saturated rings. The highest BCUT2D eigenvalue weighted by Gasteiger charge is 2.28. The molecule has 4 nitrogen and oxygen atoms in total. The lowest BCUT2D eigenvalue weighted by molar-refractivity contribution is -0.125. The van der Waals surface area contributed by atoms with Gasteiger partial charge >= 0.3 is 0 Å². The molecule has 0 spiro atoms. The largest absolute Gasteiger partial charge is 0.345 e. The second-order valence-corrected chi connectivity index (χ2v) is 4.82. The summed E-state index contributed by atoms with van der Waals surface area (Å²) in [6.45, 7) is 3.93. The second-order valence-electron chi connectivity index (χ2n) is 4.44. The summed E-state index contributed by atoms with van der Waals surface area (Å²) in [5, 5.41) is 3.21. The van der Waals surface area contributed by atoms with Gasteiger partial charge in [0, 0.05) is 13.0 Å². The number of carbonyl (C=O) groups is 2. The molecule has 1 N–H and O–H groups in total. The first-order chi connectivity index (χ1) is 8.50. The van der Waals surface area contributed by atoms with E-state index in [4.69, 9.17) is 11.6 Å². The summed E-state index contributed by atoms with van der Waals surface area (Å²) in [6.07, 6.45) is 0.292. The minimum Gasteiger partial charge on any atom is -0.345 e. The third-order valence-electron chi connectivity index (χ3n) is 3.04. The van der Waals surface area contributed by atoms with Crippen LogP contribution < -0.4 is 10.2 Å². The molecule has 1 aliphatic rings. The summed E-state index contributed by atoms with van der Waals surface area (Å²) in [5.41, 5.74) is 1.59. The smallest absolute Gasteiger partial charge is 0.249 e. The van der Waals surface area contributed by atoms with E-state index >= 15 is 0 Å². The van der Waals surface area contributed by atoms with Gasteiger partial charge < -0.3 is 10.2 Å². The Hall–Kier alpha value is -1.55. The Morgan fingerprint density at radius 3 is 2.83 bits per heavy atom. The fourth-order valence-electron chi connectivity index (χ4n) is 2.01. The Kier molecular flexibility index (Phi) is 3.57. The molecule has 1 heterocycles. The van der Waals surface area contributed by atoms with Crippen molar-refractivity contribution in [2.45, 2.75) is 26.3 Å². The zero-order chi connectivity index (χ0) is 13.3. The zero-order valence-corrected chi connectivity index (χ0v) is 11.1. The van der Waals surface area contributed by atoms with Gasteiger partial charge in [-0.05, 0) is 25.5 Å². The number of hydrogen-bond acceptors (Lipinski definition) is 2. The lowest BCUT2D eigenvalue weighted by Gasteiger charge is -2.24. The van der Waals surface area contributed by atoms with Crippen LogP contribution >= 0.6 is 11.6 Å². The van der Waals surface area contributed by atoms with Gasteiger partial charge in [0.15, 0.2) is 0 Å². The number of anilines is 1. The highest BCUT2D eigenvalue weighted by atomic mass is 35.5. The van der Waals surface area contributed by atoms with Crippen molar-refractivity contribution >= 4 is 29.1 Å². The van der Waals surface area contributed by atoms with Crippen LogP contribution in [0.3, 0.4) is 0 Å². The molecule has 1 unspecified atom stereocenters. The molecule has 18 heavy (non-hydrogen) atoms. The summed E-state index contributed by atoms with van der Waals surface area (Å²) >= 11 is 6.23. The molecule has 0 bridgehead atoms. The maximum atomic E-state index is 12.2. The van der Waals surface area contributed by atoms with E-state index in [2.05, 4.69) is 5.32 Å².